The molecule has 1 saturated heterocycles. The number of fused-ring (bicyclic) bond motifs is 4. The van der Waals surface area contributed by atoms with Crippen molar-refractivity contribution in [2.45, 2.75) is 38.8 Å². The van der Waals surface area contributed by atoms with Crippen molar-refractivity contribution in [1.82, 2.24) is 14.8 Å². The summed E-state index contributed by atoms with van der Waals surface area (Å²) in [6.07, 6.45) is 1.52. The summed E-state index contributed by atoms with van der Waals surface area (Å²) < 4.78 is 5.39. The van der Waals surface area contributed by atoms with Gasteiger partial charge in [-0.1, -0.05) is 18.2 Å². The fourth-order valence-corrected chi connectivity index (χ4v) is 4.56. The second-order valence-corrected chi connectivity index (χ2v) is 7.05. The molecule has 0 radical (unpaired) electrons. The molecule has 2 aromatic rings. The quantitative estimate of drug-likeness (QED) is 0.660. The molecule has 1 aromatic heterocycles. The summed E-state index contributed by atoms with van der Waals surface area (Å²) in [4.78, 5) is 20.4. The number of carbonyl (C=O) groups excluding carboxylic acids is 1. The number of aromatic nitrogens is 1. The lowest BCUT2D eigenvalue weighted by Crippen LogP contribution is -2.42. The van der Waals surface area contributed by atoms with Gasteiger partial charge in [-0.2, -0.15) is 0 Å². The molecule has 1 fully saturated rings. The highest BCUT2D eigenvalue weighted by Crippen LogP contribution is 2.40. The predicted octanol–water partition coefficient (Wildman–Crippen LogP) is 3.01. The molecule has 0 aliphatic carbocycles. The zero-order valence-corrected chi connectivity index (χ0v) is 15.4. The van der Waals surface area contributed by atoms with E-state index in [9.17, 15) is 4.79 Å². The number of amides is 1. The standard InChI is InChI=1S/C19H23N3O2S/c1-3-24-10-6-9-21-18(23)16-11-14-13-7-4-5-8-15(13)20-17(14)12(2)22(16)19(21)25/h4-5,7-8,12,16,20H,3,6,9-11H2,1-2H3/t12-,16-/m1/s1. The summed E-state index contributed by atoms with van der Waals surface area (Å²) in [6, 6.07) is 8.20. The molecule has 132 valence electrons. The van der Waals surface area contributed by atoms with Gasteiger partial charge in [0.2, 0.25) is 0 Å². The highest BCUT2D eigenvalue weighted by Gasteiger charge is 2.48. The van der Waals surface area contributed by atoms with Gasteiger partial charge in [0, 0.05) is 42.8 Å². The van der Waals surface area contributed by atoms with Crippen molar-refractivity contribution in [2.24, 2.45) is 0 Å². The molecule has 0 saturated carbocycles. The van der Waals surface area contributed by atoms with Gasteiger partial charge in [-0.3, -0.25) is 9.69 Å². The van der Waals surface area contributed by atoms with E-state index in [1.54, 1.807) is 4.90 Å². The summed E-state index contributed by atoms with van der Waals surface area (Å²) in [5.74, 6) is 0.129. The van der Waals surface area contributed by atoms with Crippen molar-refractivity contribution < 1.29 is 9.53 Å². The van der Waals surface area contributed by atoms with Gasteiger partial charge < -0.3 is 14.6 Å². The Morgan fingerprint density at radius 1 is 1.36 bits per heavy atom. The molecule has 2 aliphatic heterocycles. The normalized spacial score (nSPS) is 22.6. The Kier molecular flexibility index (Phi) is 4.25. The van der Waals surface area contributed by atoms with Crippen LogP contribution in [0.2, 0.25) is 0 Å². The van der Waals surface area contributed by atoms with E-state index in [4.69, 9.17) is 17.0 Å². The average Bonchev–Trinajstić information content (AvgIpc) is 3.10. The maximum Gasteiger partial charge on any atom is 0.251 e. The molecule has 0 unspecified atom stereocenters. The third kappa shape index (κ3) is 2.55. The third-order valence-electron chi connectivity index (χ3n) is 5.29. The molecule has 1 aromatic carbocycles. The predicted molar refractivity (Wildman–Crippen MR) is 101 cm³/mol. The first-order chi connectivity index (χ1) is 12.1. The van der Waals surface area contributed by atoms with Gasteiger partial charge in [-0.25, -0.2) is 0 Å². The Morgan fingerprint density at radius 3 is 2.96 bits per heavy atom. The SMILES string of the molecule is CCOCCCN1C(=O)[C@H]2Cc3c([nH]c4ccccc34)[C@@H](C)N2C1=S. The first-order valence-electron chi connectivity index (χ1n) is 8.94. The number of nitrogens with zero attached hydrogens (tertiary/aromatic N) is 2. The molecule has 5 nitrogen and oxygen atoms in total. The van der Waals surface area contributed by atoms with Crippen LogP contribution in [0.15, 0.2) is 24.3 Å². The van der Waals surface area contributed by atoms with E-state index in [1.165, 1.54) is 16.6 Å². The molecule has 3 heterocycles. The molecule has 1 amide bonds. The van der Waals surface area contributed by atoms with Gasteiger partial charge in [0.25, 0.3) is 5.91 Å². The molecule has 0 spiro atoms. The van der Waals surface area contributed by atoms with Crippen LogP contribution < -0.4 is 0 Å². The minimum atomic E-state index is -0.179. The molecule has 1 N–H and O–H groups in total. The smallest absolute Gasteiger partial charge is 0.251 e. The van der Waals surface area contributed by atoms with Crippen LogP contribution in [0.1, 0.15) is 37.6 Å². The lowest BCUT2D eigenvalue weighted by atomic mass is 9.93. The van der Waals surface area contributed by atoms with E-state index in [-0.39, 0.29) is 18.0 Å². The van der Waals surface area contributed by atoms with E-state index < -0.39 is 0 Å². The van der Waals surface area contributed by atoms with E-state index in [2.05, 4.69) is 35.0 Å². The third-order valence-corrected chi connectivity index (χ3v) is 5.72. The van der Waals surface area contributed by atoms with Gasteiger partial charge >= 0.3 is 0 Å². The topological polar surface area (TPSA) is 48.6 Å². The average molecular weight is 357 g/mol. The van der Waals surface area contributed by atoms with Crippen LogP contribution in [0.25, 0.3) is 10.9 Å². The highest BCUT2D eigenvalue weighted by molar-refractivity contribution is 7.80. The Labute approximate surface area is 152 Å². The van der Waals surface area contributed by atoms with Crippen LogP contribution in [0.3, 0.4) is 0 Å². The highest BCUT2D eigenvalue weighted by atomic mass is 32.1. The van der Waals surface area contributed by atoms with Crippen molar-refractivity contribution >= 4 is 34.1 Å². The Balaban J connectivity index is 1.62. The lowest BCUT2D eigenvalue weighted by molar-refractivity contribution is -0.128. The van der Waals surface area contributed by atoms with Crippen LogP contribution in [-0.2, 0) is 16.0 Å². The largest absolute Gasteiger partial charge is 0.382 e. The first-order valence-corrected chi connectivity index (χ1v) is 9.35. The van der Waals surface area contributed by atoms with E-state index in [0.29, 0.717) is 31.3 Å². The molecule has 2 atom stereocenters. The van der Waals surface area contributed by atoms with Crippen molar-refractivity contribution in [1.29, 1.82) is 0 Å². The number of para-hydroxylation sites is 1. The number of aromatic amines is 1. The summed E-state index contributed by atoms with van der Waals surface area (Å²) >= 11 is 5.66. The molecule has 25 heavy (non-hydrogen) atoms. The fraction of sp³-hybridized carbons (Fsp3) is 0.474. The summed E-state index contributed by atoms with van der Waals surface area (Å²) in [7, 11) is 0. The van der Waals surface area contributed by atoms with E-state index >= 15 is 0 Å². The summed E-state index contributed by atoms with van der Waals surface area (Å²) in [5, 5.41) is 1.88. The lowest BCUT2D eigenvalue weighted by Gasteiger charge is -2.35. The van der Waals surface area contributed by atoms with Crippen LogP contribution in [0.4, 0.5) is 0 Å². The molecular formula is C19H23N3O2S. The van der Waals surface area contributed by atoms with Crippen LogP contribution >= 0.6 is 12.2 Å². The van der Waals surface area contributed by atoms with Crippen molar-refractivity contribution in [3.8, 4) is 0 Å². The van der Waals surface area contributed by atoms with Crippen molar-refractivity contribution in [3.63, 3.8) is 0 Å². The number of hydrogen-bond acceptors (Lipinski definition) is 3. The van der Waals surface area contributed by atoms with Gasteiger partial charge in [-0.05, 0) is 44.1 Å². The molecule has 0 bridgehead atoms. The van der Waals surface area contributed by atoms with Gasteiger partial charge in [0.15, 0.2) is 5.11 Å². The molecule has 4 rings (SSSR count). The molecular weight excluding hydrogens is 334 g/mol. The molecule has 2 aliphatic rings. The van der Waals surface area contributed by atoms with E-state index in [0.717, 1.165) is 11.9 Å². The number of H-pyrrole nitrogens is 1. The van der Waals surface area contributed by atoms with Crippen LogP contribution in [0.5, 0.6) is 0 Å². The van der Waals surface area contributed by atoms with Gasteiger partial charge in [-0.15, -0.1) is 0 Å². The van der Waals surface area contributed by atoms with Crippen LogP contribution in [-0.4, -0.2) is 51.6 Å². The number of ether oxygens (including phenoxy) is 1. The van der Waals surface area contributed by atoms with Gasteiger partial charge in [0.05, 0.1) is 6.04 Å². The maximum absolute atomic E-state index is 13.0. The minimum absolute atomic E-state index is 0.0782. The van der Waals surface area contributed by atoms with Gasteiger partial charge in [0.1, 0.15) is 6.04 Å². The Morgan fingerprint density at radius 2 is 2.16 bits per heavy atom. The number of thiocarbonyl (C=S) groups is 1. The molecule has 6 heteroatoms. The number of hydrogen-bond donors (Lipinski definition) is 1. The number of carbonyl (C=O) groups is 1. The van der Waals surface area contributed by atoms with Crippen LogP contribution in [0, 0.1) is 0 Å². The summed E-state index contributed by atoms with van der Waals surface area (Å²) in [6.45, 7) is 6.10. The number of benzene rings is 1. The summed E-state index contributed by atoms with van der Waals surface area (Å²) in [5.41, 5.74) is 3.58. The number of nitrogens with one attached hydrogen (secondary N) is 1. The second-order valence-electron chi connectivity index (χ2n) is 6.69. The first kappa shape index (κ1) is 16.5. The fourth-order valence-electron chi connectivity index (χ4n) is 4.09. The van der Waals surface area contributed by atoms with E-state index in [1.807, 2.05) is 13.0 Å². The van der Waals surface area contributed by atoms with Crippen molar-refractivity contribution in [2.75, 3.05) is 19.8 Å². The van der Waals surface area contributed by atoms with Crippen molar-refractivity contribution in [3.05, 3.63) is 35.5 Å². The number of rotatable bonds is 5. The Bertz CT molecular complexity index is 831. The zero-order valence-electron chi connectivity index (χ0n) is 14.6. The minimum Gasteiger partial charge on any atom is -0.382 e. The monoisotopic (exact) mass is 357 g/mol. The Hall–Kier alpha value is -1.92. The second kappa shape index (κ2) is 6.42. The maximum atomic E-state index is 13.0. The zero-order chi connectivity index (χ0) is 17.6.